The summed E-state index contributed by atoms with van der Waals surface area (Å²) < 4.78 is 6.77. The van der Waals surface area contributed by atoms with Crippen molar-refractivity contribution in [3.63, 3.8) is 0 Å². The van der Waals surface area contributed by atoms with Gasteiger partial charge in [0.05, 0.1) is 6.04 Å². The molecule has 0 aromatic rings. The minimum atomic E-state index is -0.646. The van der Waals surface area contributed by atoms with Crippen LogP contribution in [0.4, 0.5) is 0 Å². The van der Waals surface area contributed by atoms with Crippen molar-refractivity contribution in [3.05, 3.63) is 0 Å². The number of carbonyl (C=O) groups excluding carboxylic acids is 2. The summed E-state index contributed by atoms with van der Waals surface area (Å²) in [5, 5.41) is 1.41. The standard InChI is InChI=1S/C6H9Cl2NO2/c1-9-4(6(8)11)2-3-5(7)10/h4,9H,2-3H2,1H3/t4-/m0/s1/i1D. The molecule has 0 saturated carbocycles. The molecule has 64 valence electrons. The maximum absolute atomic E-state index is 10.6. The number of likely N-dealkylation sites (N-methyl/N-ethyl adjacent to an activating group) is 1. The van der Waals surface area contributed by atoms with Crippen molar-refractivity contribution >= 4 is 33.7 Å². The first-order valence-corrected chi connectivity index (χ1v) is 3.73. The van der Waals surface area contributed by atoms with Crippen LogP contribution in [0.2, 0.25) is 0 Å². The Kier molecular flexibility index (Phi) is 4.50. The summed E-state index contributed by atoms with van der Waals surface area (Å²) in [6.45, 7) is 0. The highest BCUT2D eigenvalue weighted by atomic mass is 35.5. The molecule has 0 aliphatic rings. The van der Waals surface area contributed by atoms with E-state index in [9.17, 15) is 9.59 Å². The second-order valence-electron chi connectivity index (χ2n) is 1.95. The number of halogens is 2. The van der Waals surface area contributed by atoms with Crippen molar-refractivity contribution in [2.75, 3.05) is 7.02 Å². The Balaban J connectivity index is 3.79. The van der Waals surface area contributed by atoms with Gasteiger partial charge in [-0.05, 0) is 36.6 Å². The largest absolute Gasteiger partial charge is 0.309 e. The molecule has 0 spiro atoms. The predicted molar refractivity (Wildman–Crippen MR) is 43.8 cm³/mol. The Bertz CT molecular complexity index is 177. The number of hydrogen-bond acceptors (Lipinski definition) is 3. The van der Waals surface area contributed by atoms with Gasteiger partial charge in [0.1, 0.15) is 0 Å². The van der Waals surface area contributed by atoms with Gasteiger partial charge in [-0.1, -0.05) is 0 Å². The summed E-state index contributed by atoms with van der Waals surface area (Å²) in [6, 6.07) is -0.646. The third-order valence-corrected chi connectivity index (χ3v) is 1.60. The molecule has 0 saturated heterocycles. The maximum Gasteiger partial charge on any atom is 0.238 e. The van der Waals surface area contributed by atoms with E-state index >= 15 is 0 Å². The molecule has 1 N–H and O–H groups in total. The smallest absolute Gasteiger partial charge is 0.238 e. The second kappa shape index (κ2) is 5.52. The molecule has 0 aromatic carbocycles. The molecule has 0 rings (SSSR count). The number of hydrogen-bond donors (Lipinski definition) is 1. The zero-order valence-corrected chi connectivity index (χ0v) is 7.28. The van der Waals surface area contributed by atoms with Gasteiger partial charge in [0.2, 0.25) is 10.5 Å². The van der Waals surface area contributed by atoms with E-state index in [1.54, 1.807) is 0 Å². The molecule has 0 aromatic heterocycles. The molecule has 0 amide bonds. The van der Waals surface area contributed by atoms with Gasteiger partial charge >= 0.3 is 0 Å². The highest BCUT2D eigenvalue weighted by molar-refractivity contribution is 6.65. The lowest BCUT2D eigenvalue weighted by Crippen LogP contribution is -2.31. The van der Waals surface area contributed by atoms with Crippen LogP contribution in [0.15, 0.2) is 0 Å². The zero-order valence-electron chi connectivity index (χ0n) is 6.77. The summed E-state index contributed by atoms with van der Waals surface area (Å²) >= 11 is 10.2. The predicted octanol–water partition coefficient (Wildman–Crippen LogP) is 0.885. The van der Waals surface area contributed by atoms with E-state index in [1.807, 2.05) is 0 Å². The summed E-state index contributed by atoms with van der Waals surface area (Å²) in [5.41, 5.74) is 0. The molecule has 1 atom stereocenters. The number of rotatable bonds is 5. The Morgan fingerprint density at radius 3 is 2.64 bits per heavy atom. The summed E-state index contributed by atoms with van der Waals surface area (Å²) in [4.78, 5) is 20.9. The first-order chi connectivity index (χ1) is 5.57. The van der Waals surface area contributed by atoms with Crippen LogP contribution in [-0.4, -0.2) is 23.6 Å². The van der Waals surface area contributed by atoms with E-state index in [-0.39, 0.29) is 19.9 Å². The maximum atomic E-state index is 10.6. The van der Waals surface area contributed by atoms with Crippen LogP contribution >= 0.6 is 23.2 Å². The molecule has 0 radical (unpaired) electrons. The molecule has 5 heteroatoms. The lowest BCUT2D eigenvalue weighted by Gasteiger charge is -2.08. The van der Waals surface area contributed by atoms with Crippen molar-refractivity contribution in [1.82, 2.24) is 5.32 Å². The average Bonchev–Trinajstić information content (AvgIpc) is 1.96. The topological polar surface area (TPSA) is 46.2 Å². The molecular formula is C6H9Cl2NO2. The fraction of sp³-hybridized carbons (Fsp3) is 0.667. The fourth-order valence-electron chi connectivity index (χ4n) is 0.554. The molecular weight excluding hydrogens is 189 g/mol. The van der Waals surface area contributed by atoms with Crippen LogP contribution in [0, 0.1) is 0 Å². The zero-order chi connectivity index (χ0) is 9.56. The van der Waals surface area contributed by atoms with Crippen LogP contribution in [0.5, 0.6) is 0 Å². The van der Waals surface area contributed by atoms with Crippen LogP contribution < -0.4 is 5.32 Å². The lowest BCUT2D eigenvalue weighted by atomic mass is 10.2. The normalized spacial score (nSPS) is 13.8. The minimum absolute atomic E-state index is 0.0810. The Morgan fingerprint density at radius 1 is 1.64 bits per heavy atom. The van der Waals surface area contributed by atoms with Crippen molar-refractivity contribution in [1.29, 1.82) is 0 Å². The molecule has 3 nitrogen and oxygen atoms in total. The fourth-order valence-corrected chi connectivity index (χ4v) is 0.849. The van der Waals surface area contributed by atoms with Crippen LogP contribution in [-0.2, 0) is 9.59 Å². The van der Waals surface area contributed by atoms with Gasteiger partial charge in [-0.2, -0.15) is 0 Å². The minimum Gasteiger partial charge on any atom is -0.309 e. The number of nitrogens with one attached hydrogen (secondary N) is 1. The number of carbonyl (C=O) groups is 2. The first-order valence-electron chi connectivity index (χ1n) is 3.69. The molecule has 0 heterocycles. The van der Waals surface area contributed by atoms with Gasteiger partial charge in [0, 0.05) is 7.79 Å². The third kappa shape index (κ3) is 5.18. The van der Waals surface area contributed by atoms with Crippen molar-refractivity contribution < 1.29 is 11.0 Å². The van der Waals surface area contributed by atoms with E-state index in [0.717, 1.165) is 0 Å². The van der Waals surface area contributed by atoms with Crippen LogP contribution in [0.3, 0.4) is 0 Å². The third-order valence-electron chi connectivity index (χ3n) is 1.15. The summed E-state index contributed by atoms with van der Waals surface area (Å²) in [5.74, 6) is 0. The molecule has 11 heavy (non-hydrogen) atoms. The van der Waals surface area contributed by atoms with E-state index < -0.39 is 16.5 Å². The van der Waals surface area contributed by atoms with Gasteiger partial charge in [-0.3, -0.25) is 9.59 Å². The Morgan fingerprint density at radius 2 is 2.27 bits per heavy atom. The van der Waals surface area contributed by atoms with Crippen LogP contribution in [0.25, 0.3) is 0 Å². The van der Waals surface area contributed by atoms with Crippen LogP contribution in [0.1, 0.15) is 14.2 Å². The first kappa shape index (κ1) is 8.97. The van der Waals surface area contributed by atoms with E-state index in [4.69, 9.17) is 24.6 Å². The monoisotopic (exact) mass is 198 g/mol. The lowest BCUT2D eigenvalue weighted by molar-refractivity contribution is -0.114. The van der Waals surface area contributed by atoms with Gasteiger partial charge in [0.25, 0.3) is 0 Å². The molecule has 0 aliphatic heterocycles. The highest BCUT2D eigenvalue weighted by Crippen LogP contribution is 2.02. The molecule has 0 unspecified atom stereocenters. The van der Waals surface area contributed by atoms with E-state index in [2.05, 4.69) is 5.32 Å². The summed E-state index contributed by atoms with van der Waals surface area (Å²) in [7, 11) is -0.112. The Hall–Kier alpha value is -0.120. The van der Waals surface area contributed by atoms with Crippen molar-refractivity contribution in [2.45, 2.75) is 18.9 Å². The SMILES string of the molecule is [2H]CN[C@@H](CCC(=O)Cl)C(=O)Cl. The molecule has 0 aliphatic carbocycles. The van der Waals surface area contributed by atoms with Gasteiger partial charge < -0.3 is 5.32 Å². The Labute approximate surface area is 76.4 Å². The summed E-state index contributed by atoms with van der Waals surface area (Å²) in [6.07, 6.45) is 0.321. The average molecular weight is 199 g/mol. The van der Waals surface area contributed by atoms with Gasteiger partial charge in [-0.25, -0.2) is 0 Å². The highest BCUT2D eigenvalue weighted by Gasteiger charge is 2.14. The van der Waals surface area contributed by atoms with E-state index in [0.29, 0.717) is 0 Å². The second-order valence-corrected chi connectivity index (χ2v) is 2.75. The van der Waals surface area contributed by atoms with E-state index in [1.165, 1.54) is 0 Å². The quantitative estimate of drug-likeness (QED) is 0.668. The van der Waals surface area contributed by atoms with Crippen molar-refractivity contribution in [2.24, 2.45) is 0 Å². The van der Waals surface area contributed by atoms with Gasteiger partial charge in [-0.15, -0.1) is 0 Å². The van der Waals surface area contributed by atoms with Crippen molar-refractivity contribution in [3.8, 4) is 0 Å². The van der Waals surface area contributed by atoms with Gasteiger partial charge in [0.15, 0.2) is 0 Å². The molecule has 0 bridgehead atoms. The molecule has 0 fully saturated rings.